The van der Waals surface area contributed by atoms with Gasteiger partial charge in [-0.1, -0.05) is 72.9 Å². The van der Waals surface area contributed by atoms with E-state index < -0.39 is 24.2 Å². The summed E-state index contributed by atoms with van der Waals surface area (Å²) in [6.07, 6.45) is 0.530. The van der Waals surface area contributed by atoms with Crippen LogP contribution in [0.3, 0.4) is 0 Å². The summed E-state index contributed by atoms with van der Waals surface area (Å²) >= 11 is 12.4. The fraction of sp³-hybridized carbons (Fsp3) is 0.333. The molecule has 38 heavy (non-hydrogen) atoms. The van der Waals surface area contributed by atoms with Crippen molar-refractivity contribution in [3.63, 3.8) is 0 Å². The first-order valence-electron chi connectivity index (χ1n) is 12.7. The molecule has 1 heterocycles. The van der Waals surface area contributed by atoms with E-state index in [0.29, 0.717) is 22.9 Å². The first kappa shape index (κ1) is 28.1. The molecule has 1 aliphatic rings. The Balaban J connectivity index is 1.82. The van der Waals surface area contributed by atoms with Crippen LogP contribution in [0.4, 0.5) is 4.39 Å². The molecule has 1 saturated heterocycles. The molecule has 1 amide bonds. The lowest BCUT2D eigenvalue weighted by Crippen LogP contribution is -2.55. The zero-order valence-electron chi connectivity index (χ0n) is 21.0. The molecule has 0 radical (unpaired) electrons. The third kappa shape index (κ3) is 6.73. The van der Waals surface area contributed by atoms with Gasteiger partial charge in [0.25, 0.3) is 5.91 Å². The second kappa shape index (κ2) is 12.7. The molecule has 0 spiro atoms. The third-order valence-corrected chi connectivity index (χ3v) is 7.38. The van der Waals surface area contributed by atoms with Crippen molar-refractivity contribution < 1.29 is 23.8 Å². The van der Waals surface area contributed by atoms with Crippen LogP contribution in [0, 0.1) is 5.82 Å². The summed E-state index contributed by atoms with van der Waals surface area (Å²) in [5.74, 6) is -1.49. The number of nitrogens with zero attached hydrogens (tertiary/aromatic N) is 1. The smallest absolute Gasteiger partial charge is 0.303 e. The van der Waals surface area contributed by atoms with Gasteiger partial charge in [0.05, 0.1) is 6.04 Å². The number of hydrogen-bond donors (Lipinski definition) is 1. The molecule has 0 bridgehead atoms. The van der Waals surface area contributed by atoms with Crippen molar-refractivity contribution in [1.29, 1.82) is 0 Å². The molecule has 200 valence electrons. The fourth-order valence-corrected chi connectivity index (χ4v) is 5.34. The Morgan fingerprint density at radius 3 is 2.08 bits per heavy atom. The summed E-state index contributed by atoms with van der Waals surface area (Å²) < 4.78 is 20.1. The van der Waals surface area contributed by atoms with Crippen molar-refractivity contribution in [3.05, 3.63) is 105 Å². The number of carboxylic acids is 1. The number of carbonyl (C=O) groups is 2. The lowest BCUT2D eigenvalue weighted by molar-refractivity contribution is -0.180. The minimum absolute atomic E-state index is 0.0586. The third-order valence-electron chi connectivity index (χ3n) is 6.88. The quantitative estimate of drug-likeness (QED) is 0.281. The van der Waals surface area contributed by atoms with Gasteiger partial charge in [-0.15, -0.1) is 0 Å². The number of amides is 1. The van der Waals surface area contributed by atoms with Crippen molar-refractivity contribution in [1.82, 2.24) is 4.90 Å². The molecular weight excluding hydrogens is 528 g/mol. The van der Waals surface area contributed by atoms with Gasteiger partial charge >= 0.3 is 5.97 Å². The minimum atomic E-state index is -0.910. The zero-order valence-corrected chi connectivity index (χ0v) is 22.5. The summed E-state index contributed by atoms with van der Waals surface area (Å²) in [5, 5.41) is 10.6. The predicted octanol–water partition coefficient (Wildman–Crippen LogP) is 7.42. The molecule has 3 aromatic rings. The van der Waals surface area contributed by atoms with Crippen LogP contribution in [0.1, 0.15) is 61.4 Å². The number of carbonyl (C=O) groups excluding carboxylic acids is 1. The molecule has 0 saturated carbocycles. The normalized spacial score (nSPS) is 20.4. The Bertz CT molecular complexity index is 1230. The molecule has 8 heteroatoms. The summed E-state index contributed by atoms with van der Waals surface area (Å²) in [4.78, 5) is 27.5. The molecule has 0 aromatic heterocycles. The van der Waals surface area contributed by atoms with Gasteiger partial charge in [-0.2, -0.15) is 0 Å². The molecule has 0 aliphatic carbocycles. The van der Waals surface area contributed by atoms with Crippen molar-refractivity contribution in [2.45, 2.75) is 63.3 Å². The highest BCUT2D eigenvalue weighted by Crippen LogP contribution is 2.45. The van der Waals surface area contributed by atoms with E-state index >= 15 is 0 Å². The van der Waals surface area contributed by atoms with Gasteiger partial charge in [0.1, 0.15) is 18.0 Å². The molecule has 0 unspecified atom stereocenters. The lowest BCUT2D eigenvalue weighted by Gasteiger charge is -2.48. The molecular formula is C30H30Cl2FNO4. The number of ether oxygens (including phenoxy) is 1. The monoisotopic (exact) mass is 557 g/mol. The van der Waals surface area contributed by atoms with Crippen molar-refractivity contribution in [2.75, 3.05) is 0 Å². The molecule has 1 N–H and O–H groups in total. The number of hydrogen-bond acceptors (Lipinski definition) is 3. The number of halogens is 3. The van der Waals surface area contributed by atoms with Crippen LogP contribution in [0.2, 0.25) is 10.0 Å². The summed E-state index contributed by atoms with van der Waals surface area (Å²) in [6, 6.07) is 19.8. The van der Waals surface area contributed by atoms with Crippen molar-refractivity contribution in [2.24, 2.45) is 0 Å². The summed E-state index contributed by atoms with van der Waals surface area (Å²) in [6.45, 7) is 2.02. The molecule has 4 atom stereocenters. The van der Waals surface area contributed by atoms with Crippen LogP contribution >= 0.6 is 23.2 Å². The second-order valence-electron chi connectivity index (χ2n) is 9.54. The SMILES string of the molecule is CCC[C@H](CCC(=O)O)N1C(=O)[C@H](Cc2ccc(F)cc2)O[C@@H](c2ccc(Cl)cc2)[C@H]1c1ccc(Cl)cc1. The first-order chi connectivity index (χ1) is 18.3. The van der Waals surface area contributed by atoms with Gasteiger partial charge in [0.15, 0.2) is 0 Å². The van der Waals surface area contributed by atoms with E-state index in [1.165, 1.54) is 12.1 Å². The highest BCUT2D eigenvalue weighted by molar-refractivity contribution is 6.30. The average Bonchev–Trinajstić information content (AvgIpc) is 2.90. The van der Waals surface area contributed by atoms with E-state index in [2.05, 4.69) is 0 Å². The van der Waals surface area contributed by atoms with Gasteiger partial charge in [-0.25, -0.2) is 4.39 Å². The van der Waals surface area contributed by atoms with Crippen LogP contribution in [0.15, 0.2) is 72.8 Å². The van der Waals surface area contributed by atoms with Crippen LogP contribution < -0.4 is 0 Å². The highest BCUT2D eigenvalue weighted by Gasteiger charge is 2.46. The van der Waals surface area contributed by atoms with Gasteiger partial charge in [-0.3, -0.25) is 9.59 Å². The van der Waals surface area contributed by atoms with E-state index in [1.54, 1.807) is 36.4 Å². The zero-order chi connectivity index (χ0) is 27.2. The highest BCUT2D eigenvalue weighted by atomic mass is 35.5. The van der Waals surface area contributed by atoms with E-state index in [4.69, 9.17) is 27.9 Å². The Kier molecular flexibility index (Phi) is 9.42. The Hall–Kier alpha value is -2.93. The maximum Gasteiger partial charge on any atom is 0.303 e. The van der Waals surface area contributed by atoms with Crippen LogP contribution in [0.5, 0.6) is 0 Å². The van der Waals surface area contributed by atoms with E-state index in [9.17, 15) is 19.1 Å². The summed E-state index contributed by atoms with van der Waals surface area (Å²) in [5.41, 5.74) is 2.44. The van der Waals surface area contributed by atoms with Gasteiger partial charge in [-0.05, 0) is 65.9 Å². The average molecular weight is 558 g/mol. The van der Waals surface area contributed by atoms with Gasteiger partial charge < -0.3 is 14.7 Å². The fourth-order valence-electron chi connectivity index (χ4n) is 5.09. The molecule has 1 fully saturated rings. The molecule has 4 rings (SSSR count). The van der Waals surface area contributed by atoms with Crippen LogP contribution in [-0.2, 0) is 20.7 Å². The Morgan fingerprint density at radius 1 is 0.947 bits per heavy atom. The van der Waals surface area contributed by atoms with E-state index in [-0.39, 0.29) is 30.6 Å². The lowest BCUT2D eigenvalue weighted by atomic mass is 9.88. The summed E-state index contributed by atoms with van der Waals surface area (Å²) in [7, 11) is 0. The topological polar surface area (TPSA) is 66.8 Å². The number of rotatable bonds is 10. The van der Waals surface area contributed by atoms with Crippen molar-refractivity contribution >= 4 is 35.1 Å². The second-order valence-corrected chi connectivity index (χ2v) is 10.4. The maximum atomic E-state index is 14.2. The number of carboxylic acid groups (broad SMARTS) is 1. The number of benzene rings is 3. The predicted molar refractivity (Wildman–Crippen MR) is 146 cm³/mol. The van der Waals surface area contributed by atoms with E-state index in [0.717, 1.165) is 23.1 Å². The van der Waals surface area contributed by atoms with E-state index in [1.807, 2.05) is 36.1 Å². The first-order valence-corrected chi connectivity index (χ1v) is 13.5. The van der Waals surface area contributed by atoms with Gasteiger partial charge in [0.2, 0.25) is 0 Å². The van der Waals surface area contributed by atoms with Gasteiger partial charge in [0, 0.05) is 28.9 Å². The maximum absolute atomic E-state index is 14.2. The molecule has 5 nitrogen and oxygen atoms in total. The standard InChI is InChI=1S/C30H30Cl2FNO4/c1-2-3-25(16-17-27(35)36)34-28(20-6-10-22(31)11-7-20)29(21-8-12-23(32)13-9-21)38-26(30(34)37)18-19-4-14-24(33)15-5-19/h4-15,25-26,28-29H,2-3,16-18H2,1H3,(H,35,36)/t25-,26+,28-,29+/m1/s1. The largest absolute Gasteiger partial charge is 0.481 e. The Morgan fingerprint density at radius 2 is 1.53 bits per heavy atom. The molecule has 1 aliphatic heterocycles. The number of aliphatic carboxylic acids is 1. The Labute approximate surface area is 232 Å². The van der Waals surface area contributed by atoms with Crippen molar-refractivity contribution in [3.8, 4) is 0 Å². The van der Waals surface area contributed by atoms with Crippen LogP contribution in [-0.4, -0.2) is 34.0 Å². The van der Waals surface area contributed by atoms with Crippen LogP contribution in [0.25, 0.3) is 0 Å². The minimum Gasteiger partial charge on any atom is -0.481 e. The molecule has 3 aromatic carbocycles. The number of morpholine rings is 1.